The first-order valence-corrected chi connectivity index (χ1v) is 7.98. The minimum absolute atomic E-state index is 0.0259. The molecular formula is C19H15ClN2O. The van der Waals surface area contributed by atoms with Gasteiger partial charge in [0.05, 0.1) is 16.6 Å². The van der Waals surface area contributed by atoms with Crippen molar-refractivity contribution in [2.75, 3.05) is 5.32 Å². The summed E-state index contributed by atoms with van der Waals surface area (Å²) in [6, 6.07) is 17.3. The SMILES string of the molecule is O=C(Nc1cccc2cccnc12)C1(c2ccc(Cl)cc2)CC1. The fourth-order valence-corrected chi connectivity index (χ4v) is 3.11. The van der Waals surface area contributed by atoms with Gasteiger partial charge in [-0.1, -0.05) is 41.9 Å². The molecule has 1 heterocycles. The lowest BCUT2D eigenvalue weighted by molar-refractivity contribution is -0.118. The molecule has 0 spiro atoms. The Morgan fingerprint density at radius 1 is 1.04 bits per heavy atom. The summed E-state index contributed by atoms with van der Waals surface area (Å²) in [6.07, 6.45) is 3.46. The number of carbonyl (C=O) groups excluding carboxylic acids is 1. The molecule has 2 aromatic carbocycles. The Balaban J connectivity index is 1.66. The van der Waals surface area contributed by atoms with E-state index in [4.69, 9.17) is 11.6 Å². The van der Waals surface area contributed by atoms with Crippen LogP contribution in [0, 0.1) is 0 Å². The number of benzene rings is 2. The number of amides is 1. The maximum Gasteiger partial charge on any atom is 0.235 e. The zero-order valence-corrected chi connectivity index (χ0v) is 13.2. The molecule has 1 N–H and O–H groups in total. The third-order valence-electron chi connectivity index (χ3n) is 4.46. The number of pyridine rings is 1. The van der Waals surface area contributed by atoms with Gasteiger partial charge in [-0.3, -0.25) is 9.78 Å². The zero-order valence-electron chi connectivity index (χ0n) is 12.4. The van der Waals surface area contributed by atoms with Gasteiger partial charge in [0.25, 0.3) is 0 Å². The first-order valence-electron chi connectivity index (χ1n) is 7.60. The molecule has 114 valence electrons. The molecule has 1 amide bonds. The first-order chi connectivity index (χ1) is 11.2. The number of aromatic nitrogens is 1. The first kappa shape index (κ1) is 14.2. The molecule has 1 aliphatic carbocycles. The number of hydrogen-bond donors (Lipinski definition) is 1. The van der Waals surface area contributed by atoms with Crippen molar-refractivity contribution < 1.29 is 4.79 Å². The molecule has 0 saturated heterocycles. The predicted molar refractivity (Wildman–Crippen MR) is 92.7 cm³/mol. The molecule has 1 aromatic heterocycles. The molecule has 0 bridgehead atoms. The second kappa shape index (κ2) is 5.36. The highest BCUT2D eigenvalue weighted by Gasteiger charge is 2.51. The quantitative estimate of drug-likeness (QED) is 0.768. The summed E-state index contributed by atoms with van der Waals surface area (Å²) in [6.45, 7) is 0. The van der Waals surface area contributed by atoms with E-state index in [1.54, 1.807) is 6.20 Å². The molecule has 0 radical (unpaired) electrons. The molecule has 1 fully saturated rings. The lowest BCUT2D eigenvalue weighted by Crippen LogP contribution is -2.27. The van der Waals surface area contributed by atoms with Gasteiger partial charge in [-0.25, -0.2) is 0 Å². The summed E-state index contributed by atoms with van der Waals surface area (Å²) in [5, 5.41) is 4.77. The Bertz CT molecular complexity index is 880. The lowest BCUT2D eigenvalue weighted by Gasteiger charge is -2.16. The number of hydrogen-bond acceptors (Lipinski definition) is 2. The number of anilines is 1. The molecule has 3 nitrogen and oxygen atoms in total. The predicted octanol–water partition coefficient (Wildman–Crippen LogP) is 4.56. The summed E-state index contributed by atoms with van der Waals surface area (Å²) in [5.41, 5.74) is 2.16. The van der Waals surface area contributed by atoms with Crippen molar-refractivity contribution in [3.05, 3.63) is 71.4 Å². The highest BCUT2D eigenvalue weighted by atomic mass is 35.5. The number of carbonyl (C=O) groups is 1. The van der Waals surface area contributed by atoms with E-state index in [-0.39, 0.29) is 5.91 Å². The van der Waals surface area contributed by atoms with E-state index in [1.165, 1.54) is 0 Å². The van der Waals surface area contributed by atoms with Crippen molar-refractivity contribution >= 4 is 34.1 Å². The van der Waals surface area contributed by atoms with E-state index >= 15 is 0 Å². The van der Waals surface area contributed by atoms with Gasteiger partial charge in [0.15, 0.2) is 0 Å². The van der Waals surface area contributed by atoms with Crippen molar-refractivity contribution in [1.82, 2.24) is 4.98 Å². The molecule has 1 aliphatic rings. The Kier molecular flexibility index (Phi) is 3.31. The summed E-state index contributed by atoms with van der Waals surface area (Å²) >= 11 is 5.95. The molecule has 4 rings (SSSR count). The third kappa shape index (κ3) is 2.47. The summed E-state index contributed by atoms with van der Waals surface area (Å²) in [5.74, 6) is 0.0259. The van der Waals surface area contributed by atoms with E-state index in [1.807, 2.05) is 54.6 Å². The van der Waals surface area contributed by atoms with Crippen LogP contribution >= 0.6 is 11.6 Å². The van der Waals surface area contributed by atoms with Crippen LogP contribution in [0.1, 0.15) is 18.4 Å². The minimum Gasteiger partial charge on any atom is -0.323 e. The fourth-order valence-electron chi connectivity index (χ4n) is 2.99. The second-order valence-corrected chi connectivity index (χ2v) is 6.36. The molecule has 0 atom stereocenters. The van der Waals surface area contributed by atoms with Crippen molar-refractivity contribution in [3.8, 4) is 0 Å². The molecule has 0 aliphatic heterocycles. The second-order valence-electron chi connectivity index (χ2n) is 5.92. The number of para-hydroxylation sites is 1. The van der Waals surface area contributed by atoms with E-state index in [0.717, 1.165) is 35.0 Å². The minimum atomic E-state index is -0.429. The Hall–Kier alpha value is -2.39. The summed E-state index contributed by atoms with van der Waals surface area (Å²) in [7, 11) is 0. The van der Waals surface area contributed by atoms with E-state index in [2.05, 4.69) is 10.3 Å². The maximum atomic E-state index is 12.9. The van der Waals surface area contributed by atoms with Gasteiger partial charge in [0.1, 0.15) is 0 Å². The van der Waals surface area contributed by atoms with Gasteiger partial charge in [0.2, 0.25) is 5.91 Å². The molecule has 4 heteroatoms. The van der Waals surface area contributed by atoms with Crippen molar-refractivity contribution in [2.24, 2.45) is 0 Å². The molecule has 23 heavy (non-hydrogen) atoms. The Morgan fingerprint density at radius 2 is 1.78 bits per heavy atom. The van der Waals surface area contributed by atoms with E-state index < -0.39 is 5.41 Å². The topological polar surface area (TPSA) is 42.0 Å². The van der Waals surface area contributed by atoms with E-state index in [9.17, 15) is 4.79 Å². The summed E-state index contributed by atoms with van der Waals surface area (Å²) in [4.78, 5) is 17.2. The van der Waals surface area contributed by atoms with Gasteiger partial charge in [-0.05, 0) is 42.7 Å². The lowest BCUT2D eigenvalue weighted by atomic mass is 9.95. The number of rotatable bonds is 3. The number of halogens is 1. The van der Waals surface area contributed by atoms with Crippen molar-refractivity contribution in [1.29, 1.82) is 0 Å². The van der Waals surface area contributed by atoms with Gasteiger partial charge in [-0.2, -0.15) is 0 Å². The maximum absolute atomic E-state index is 12.9. The van der Waals surface area contributed by atoms with Gasteiger partial charge in [-0.15, -0.1) is 0 Å². The van der Waals surface area contributed by atoms with Crippen LogP contribution in [0.4, 0.5) is 5.69 Å². The van der Waals surface area contributed by atoms with Crippen LogP contribution in [0.5, 0.6) is 0 Å². The number of nitrogens with zero attached hydrogens (tertiary/aromatic N) is 1. The van der Waals surface area contributed by atoms with Gasteiger partial charge in [0, 0.05) is 16.6 Å². The Labute approximate surface area is 139 Å². The molecular weight excluding hydrogens is 308 g/mol. The average Bonchev–Trinajstić information content (AvgIpc) is 3.38. The molecule has 3 aromatic rings. The Morgan fingerprint density at radius 3 is 2.52 bits per heavy atom. The average molecular weight is 323 g/mol. The number of nitrogens with one attached hydrogen (secondary N) is 1. The largest absolute Gasteiger partial charge is 0.323 e. The zero-order chi connectivity index (χ0) is 15.9. The summed E-state index contributed by atoms with van der Waals surface area (Å²) < 4.78 is 0. The third-order valence-corrected chi connectivity index (χ3v) is 4.71. The van der Waals surface area contributed by atoms with Crippen LogP contribution < -0.4 is 5.32 Å². The van der Waals surface area contributed by atoms with Gasteiger partial charge < -0.3 is 5.32 Å². The molecule has 1 saturated carbocycles. The van der Waals surface area contributed by atoms with Crippen molar-refractivity contribution in [2.45, 2.75) is 18.3 Å². The normalized spacial score (nSPS) is 15.3. The fraction of sp³-hybridized carbons (Fsp3) is 0.158. The van der Waals surface area contributed by atoms with Crippen molar-refractivity contribution in [3.63, 3.8) is 0 Å². The molecule has 0 unspecified atom stereocenters. The van der Waals surface area contributed by atoms with Gasteiger partial charge >= 0.3 is 0 Å². The number of fused-ring (bicyclic) bond motifs is 1. The highest BCUT2D eigenvalue weighted by Crippen LogP contribution is 2.49. The van der Waals surface area contributed by atoms with Crippen LogP contribution in [0.15, 0.2) is 60.8 Å². The van der Waals surface area contributed by atoms with Crippen LogP contribution in [0.25, 0.3) is 10.9 Å². The van der Waals surface area contributed by atoms with Crippen LogP contribution in [0.2, 0.25) is 5.02 Å². The van der Waals surface area contributed by atoms with Crippen LogP contribution in [0.3, 0.4) is 0 Å². The van der Waals surface area contributed by atoms with Crippen LogP contribution in [-0.2, 0) is 10.2 Å². The monoisotopic (exact) mass is 322 g/mol. The standard InChI is InChI=1S/C19H15ClN2O/c20-15-8-6-14(7-9-15)19(10-11-19)18(23)22-16-5-1-3-13-4-2-12-21-17(13)16/h1-9,12H,10-11H2,(H,22,23). The highest BCUT2D eigenvalue weighted by molar-refractivity contribution is 6.30. The van der Waals surface area contributed by atoms with E-state index in [0.29, 0.717) is 5.02 Å². The smallest absolute Gasteiger partial charge is 0.235 e. The van der Waals surface area contributed by atoms with Crippen LogP contribution in [-0.4, -0.2) is 10.9 Å².